The van der Waals surface area contributed by atoms with E-state index in [1.165, 1.54) is 77.0 Å². The Bertz CT molecular complexity index is 415. The summed E-state index contributed by atoms with van der Waals surface area (Å²) in [5, 5.41) is 29.1. The summed E-state index contributed by atoms with van der Waals surface area (Å²) in [4.78, 5) is 0. The maximum Gasteiger partial charge on any atom is 0.114 e. The molecule has 0 saturated carbocycles. The number of unbranched alkanes of at least 4 members (excludes halogenated alkanes) is 14. The van der Waals surface area contributed by atoms with Crippen LogP contribution in [0.1, 0.15) is 110 Å². The number of rotatable bonds is 21. The van der Waals surface area contributed by atoms with Crippen LogP contribution in [0.4, 0.5) is 0 Å². The second-order valence-corrected chi connectivity index (χ2v) is 9.14. The third-order valence-corrected chi connectivity index (χ3v) is 6.16. The van der Waals surface area contributed by atoms with Crippen molar-refractivity contribution in [2.24, 2.45) is 0 Å². The SMILES string of the molecule is CCCCCCCCCCCCC/C=C/CCCCCOC[C@@H](O)[C@@H]1OC[C@H](O)[C@@H]1O. The van der Waals surface area contributed by atoms with Crippen molar-refractivity contribution >= 4 is 0 Å². The number of hydrogen-bond donors (Lipinski definition) is 3. The van der Waals surface area contributed by atoms with Crippen molar-refractivity contribution in [3.8, 4) is 0 Å². The number of allylic oxidation sites excluding steroid dienone is 2. The molecule has 1 rings (SSSR count). The van der Waals surface area contributed by atoms with Crippen molar-refractivity contribution in [1.29, 1.82) is 0 Å². The van der Waals surface area contributed by atoms with Crippen LogP contribution in [0.5, 0.6) is 0 Å². The Morgan fingerprint density at radius 1 is 0.806 bits per heavy atom. The normalized spacial score (nSPS) is 22.5. The van der Waals surface area contributed by atoms with Gasteiger partial charge in [0.25, 0.3) is 0 Å². The molecule has 1 aliphatic rings. The summed E-state index contributed by atoms with van der Waals surface area (Å²) >= 11 is 0. The van der Waals surface area contributed by atoms with Crippen LogP contribution in [0, 0.1) is 0 Å². The Morgan fingerprint density at radius 3 is 1.84 bits per heavy atom. The van der Waals surface area contributed by atoms with Crippen molar-refractivity contribution in [1.82, 2.24) is 0 Å². The third kappa shape index (κ3) is 15.1. The standard InChI is InChI=1S/C26H50O5/c1-2-3-4-5-6-7-8-9-10-11-12-13-14-15-16-17-18-19-20-30-21-24(28)26-25(29)23(27)22-31-26/h14-15,23-29H,2-13,16-22H2,1H3/b15-14+/t23-,24+,25-,26-/m0/s1. The summed E-state index contributed by atoms with van der Waals surface area (Å²) in [6.45, 7) is 3.07. The smallest absolute Gasteiger partial charge is 0.114 e. The summed E-state index contributed by atoms with van der Waals surface area (Å²) in [6, 6.07) is 0. The third-order valence-electron chi connectivity index (χ3n) is 6.16. The highest BCUT2D eigenvalue weighted by atomic mass is 16.5. The first-order valence-electron chi connectivity index (χ1n) is 13.0. The molecule has 3 N–H and O–H groups in total. The fraction of sp³-hybridized carbons (Fsp3) is 0.923. The van der Waals surface area contributed by atoms with Gasteiger partial charge in [-0.1, -0.05) is 89.7 Å². The predicted octanol–water partition coefficient (Wildman–Crippen LogP) is 5.30. The lowest BCUT2D eigenvalue weighted by Crippen LogP contribution is -2.40. The van der Waals surface area contributed by atoms with Crippen molar-refractivity contribution in [3.05, 3.63) is 12.2 Å². The largest absolute Gasteiger partial charge is 0.388 e. The molecule has 4 atom stereocenters. The van der Waals surface area contributed by atoms with Crippen LogP contribution in [0.15, 0.2) is 12.2 Å². The number of hydrogen-bond acceptors (Lipinski definition) is 5. The van der Waals surface area contributed by atoms with Gasteiger partial charge in [0, 0.05) is 6.61 Å². The Morgan fingerprint density at radius 2 is 1.32 bits per heavy atom. The average molecular weight is 443 g/mol. The molecule has 0 radical (unpaired) electrons. The highest BCUT2D eigenvalue weighted by molar-refractivity contribution is 4.87. The minimum absolute atomic E-state index is 0.0651. The molecule has 1 saturated heterocycles. The van der Waals surface area contributed by atoms with Gasteiger partial charge in [-0.2, -0.15) is 0 Å². The van der Waals surface area contributed by atoms with Gasteiger partial charge in [0.05, 0.1) is 13.2 Å². The summed E-state index contributed by atoms with van der Waals surface area (Å²) in [7, 11) is 0. The zero-order valence-corrected chi connectivity index (χ0v) is 20.1. The molecule has 0 bridgehead atoms. The van der Waals surface area contributed by atoms with Crippen LogP contribution >= 0.6 is 0 Å². The molecule has 0 spiro atoms. The molecule has 31 heavy (non-hydrogen) atoms. The molecule has 0 aromatic heterocycles. The van der Waals surface area contributed by atoms with Gasteiger partial charge in [-0.15, -0.1) is 0 Å². The van der Waals surface area contributed by atoms with Crippen LogP contribution in [-0.2, 0) is 9.47 Å². The number of ether oxygens (including phenoxy) is 2. The van der Waals surface area contributed by atoms with Gasteiger partial charge in [-0.05, 0) is 32.1 Å². The van der Waals surface area contributed by atoms with E-state index in [1.807, 2.05) is 0 Å². The van der Waals surface area contributed by atoms with Crippen molar-refractivity contribution < 1.29 is 24.8 Å². The average Bonchev–Trinajstić information content (AvgIpc) is 3.10. The minimum Gasteiger partial charge on any atom is -0.388 e. The van der Waals surface area contributed by atoms with Crippen LogP contribution < -0.4 is 0 Å². The van der Waals surface area contributed by atoms with Gasteiger partial charge >= 0.3 is 0 Å². The quantitative estimate of drug-likeness (QED) is 0.166. The maximum atomic E-state index is 9.96. The summed E-state index contributed by atoms with van der Waals surface area (Å²) < 4.78 is 10.7. The van der Waals surface area contributed by atoms with Crippen LogP contribution in [0.3, 0.4) is 0 Å². The molecule has 1 heterocycles. The van der Waals surface area contributed by atoms with Gasteiger partial charge < -0.3 is 24.8 Å². The first-order chi connectivity index (χ1) is 15.2. The molecule has 0 amide bonds. The van der Waals surface area contributed by atoms with Crippen molar-refractivity contribution in [2.45, 2.75) is 134 Å². The molecule has 5 nitrogen and oxygen atoms in total. The molecule has 0 aliphatic carbocycles. The lowest BCUT2D eigenvalue weighted by molar-refractivity contribution is -0.0813. The minimum atomic E-state index is -1.03. The number of aliphatic hydroxyl groups is 3. The van der Waals surface area contributed by atoms with E-state index in [4.69, 9.17) is 9.47 Å². The fourth-order valence-electron chi connectivity index (χ4n) is 4.07. The van der Waals surface area contributed by atoms with E-state index in [1.54, 1.807) is 0 Å². The number of aliphatic hydroxyl groups excluding tert-OH is 3. The first kappa shape index (κ1) is 28.6. The van der Waals surface area contributed by atoms with E-state index >= 15 is 0 Å². The Kier molecular flexibility index (Phi) is 18.6. The maximum absolute atomic E-state index is 9.96. The zero-order chi connectivity index (χ0) is 22.6. The molecule has 1 aliphatic heterocycles. The van der Waals surface area contributed by atoms with Gasteiger partial charge in [0.1, 0.15) is 24.4 Å². The summed E-state index contributed by atoms with van der Waals surface area (Å²) in [5.74, 6) is 0. The molecule has 1 fully saturated rings. The Balaban J connectivity index is 1.77. The van der Waals surface area contributed by atoms with E-state index in [-0.39, 0.29) is 13.2 Å². The van der Waals surface area contributed by atoms with E-state index in [9.17, 15) is 15.3 Å². The van der Waals surface area contributed by atoms with Crippen LogP contribution in [0.2, 0.25) is 0 Å². The molecular weight excluding hydrogens is 392 g/mol. The second kappa shape index (κ2) is 20.2. The molecular formula is C26H50O5. The van der Waals surface area contributed by atoms with Gasteiger partial charge in [0.15, 0.2) is 0 Å². The van der Waals surface area contributed by atoms with E-state index in [0.29, 0.717) is 6.61 Å². The van der Waals surface area contributed by atoms with Gasteiger partial charge in [0.2, 0.25) is 0 Å². The summed E-state index contributed by atoms with van der Waals surface area (Å²) in [6.07, 6.45) is 22.0. The molecule has 0 aromatic carbocycles. The predicted molar refractivity (Wildman–Crippen MR) is 127 cm³/mol. The Hall–Kier alpha value is -0.460. The van der Waals surface area contributed by atoms with E-state index < -0.39 is 24.4 Å². The van der Waals surface area contributed by atoms with Crippen LogP contribution in [-0.4, -0.2) is 59.6 Å². The Labute approximate surface area is 191 Å². The van der Waals surface area contributed by atoms with Gasteiger partial charge in [-0.25, -0.2) is 0 Å². The topological polar surface area (TPSA) is 79.2 Å². The molecule has 0 unspecified atom stereocenters. The fourth-order valence-corrected chi connectivity index (χ4v) is 4.07. The van der Waals surface area contributed by atoms with Crippen molar-refractivity contribution in [3.63, 3.8) is 0 Å². The molecule has 0 aromatic rings. The highest BCUT2D eigenvalue weighted by Gasteiger charge is 2.39. The lowest BCUT2D eigenvalue weighted by Gasteiger charge is -2.20. The zero-order valence-electron chi connectivity index (χ0n) is 20.1. The molecule has 5 heteroatoms. The van der Waals surface area contributed by atoms with Gasteiger partial charge in [-0.3, -0.25) is 0 Å². The highest BCUT2D eigenvalue weighted by Crippen LogP contribution is 2.18. The first-order valence-corrected chi connectivity index (χ1v) is 13.0. The lowest BCUT2D eigenvalue weighted by atomic mass is 10.1. The van der Waals surface area contributed by atoms with E-state index in [2.05, 4.69) is 19.1 Å². The summed E-state index contributed by atoms with van der Waals surface area (Å²) in [5.41, 5.74) is 0. The monoisotopic (exact) mass is 442 g/mol. The molecule has 184 valence electrons. The van der Waals surface area contributed by atoms with Crippen molar-refractivity contribution in [2.75, 3.05) is 19.8 Å². The van der Waals surface area contributed by atoms with Crippen LogP contribution in [0.25, 0.3) is 0 Å². The van der Waals surface area contributed by atoms with E-state index in [0.717, 1.165) is 25.7 Å². The second-order valence-electron chi connectivity index (χ2n) is 9.14.